The van der Waals surface area contributed by atoms with Crippen LogP contribution in [0.4, 0.5) is 23.7 Å². The molecule has 0 saturated heterocycles. The van der Waals surface area contributed by atoms with Crippen LogP contribution in [0.3, 0.4) is 0 Å². The highest BCUT2D eigenvalue weighted by molar-refractivity contribution is 5.89. The van der Waals surface area contributed by atoms with Gasteiger partial charge in [-0.3, -0.25) is 5.10 Å². The zero-order valence-corrected chi connectivity index (χ0v) is 16.4. The van der Waals surface area contributed by atoms with Crippen molar-refractivity contribution in [3.63, 3.8) is 0 Å². The summed E-state index contributed by atoms with van der Waals surface area (Å²) < 4.78 is 43.3. The summed E-state index contributed by atoms with van der Waals surface area (Å²) in [5.74, 6) is 1.12. The highest BCUT2D eigenvalue weighted by atomic mass is 19.4. The number of aliphatic hydroxyl groups excluding tert-OH is 1. The first kappa shape index (κ1) is 22.1. The van der Waals surface area contributed by atoms with Crippen LogP contribution < -0.4 is 15.4 Å². The number of amides is 2. The Morgan fingerprint density at radius 1 is 1.23 bits per heavy atom. The van der Waals surface area contributed by atoms with Gasteiger partial charge in [-0.25, -0.2) is 9.78 Å². The van der Waals surface area contributed by atoms with Crippen LogP contribution >= 0.6 is 0 Å². The molecule has 0 aliphatic rings. The Morgan fingerprint density at radius 2 is 2.00 bits per heavy atom. The van der Waals surface area contributed by atoms with Crippen LogP contribution in [0.1, 0.15) is 11.4 Å². The molecule has 1 unspecified atom stereocenters. The summed E-state index contributed by atoms with van der Waals surface area (Å²) in [6.45, 7) is 1.32. The van der Waals surface area contributed by atoms with Gasteiger partial charge in [-0.2, -0.15) is 18.3 Å². The molecule has 2 amide bonds. The Kier molecular flexibility index (Phi) is 6.75. The fraction of sp³-hybridized carbons (Fsp3) is 0.250. The average molecular weight is 435 g/mol. The molecule has 0 spiro atoms. The van der Waals surface area contributed by atoms with E-state index in [1.54, 1.807) is 31.2 Å². The zero-order valence-electron chi connectivity index (χ0n) is 16.4. The third-order valence-electron chi connectivity index (χ3n) is 4.08. The van der Waals surface area contributed by atoms with Gasteiger partial charge in [-0.15, -0.1) is 0 Å². The van der Waals surface area contributed by atoms with E-state index in [-0.39, 0.29) is 18.9 Å². The molecule has 0 radical (unpaired) electrons. The number of nitrogens with one attached hydrogen (secondary N) is 3. The van der Waals surface area contributed by atoms with Gasteiger partial charge in [0.25, 0.3) is 0 Å². The topological polar surface area (TPSA) is 112 Å². The molecule has 1 aromatic heterocycles. The molecular formula is C20H20F3N5O3. The number of aliphatic hydroxyl groups is 1. The van der Waals surface area contributed by atoms with Crippen molar-refractivity contribution >= 4 is 11.7 Å². The van der Waals surface area contributed by atoms with E-state index in [0.29, 0.717) is 22.9 Å². The molecule has 0 aliphatic carbocycles. The van der Waals surface area contributed by atoms with Gasteiger partial charge < -0.3 is 20.5 Å². The van der Waals surface area contributed by atoms with Crippen LogP contribution in [0.5, 0.6) is 5.75 Å². The van der Waals surface area contributed by atoms with Crippen LogP contribution in [-0.2, 0) is 6.18 Å². The number of rotatable bonds is 7. The first-order valence-corrected chi connectivity index (χ1v) is 9.23. The Balaban J connectivity index is 1.47. The molecular weight excluding hydrogens is 415 g/mol. The number of carbonyl (C=O) groups is 1. The summed E-state index contributed by atoms with van der Waals surface area (Å²) in [7, 11) is 0. The second kappa shape index (κ2) is 9.47. The van der Waals surface area contributed by atoms with Crippen molar-refractivity contribution in [2.24, 2.45) is 0 Å². The Hall–Kier alpha value is -3.60. The fourth-order valence-corrected chi connectivity index (χ4v) is 2.61. The number of hydrogen-bond donors (Lipinski definition) is 4. The summed E-state index contributed by atoms with van der Waals surface area (Å²) in [6, 6.07) is 10.7. The van der Waals surface area contributed by atoms with Gasteiger partial charge in [0.05, 0.1) is 5.56 Å². The van der Waals surface area contributed by atoms with E-state index >= 15 is 0 Å². The maximum atomic E-state index is 12.7. The van der Waals surface area contributed by atoms with Gasteiger partial charge in [0.15, 0.2) is 5.82 Å². The minimum Gasteiger partial charge on any atom is -0.491 e. The van der Waals surface area contributed by atoms with E-state index in [0.717, 1.165) is 12.1 Å². The number of benzene rings is 2. The van der Waals surface area contributed by atoms with Crippen molar-refractivity contribution in [1.29, 1.82) is 0 Å². The molecule has 0 saturated carbocycles. The summed E-state index contributed by atoms with van der Waals surface area (Å²) in [4.78, 5) is 16.3. The van der Waals surface area contributed by atoms with E-state index in [1.807, 2.05) is 0 Å². The molecule has 3 rings (SSSR count). The zero-order chi connectivity index (χ0) is 22.4. The van der Waals surface area contributed by atoms with Gasteiger partial charge in [-0.1, -0.05) is 18.2 Å². The van der Waals surface area contributed by atoms with Crippen molar-refractivity contribution < 1.29 is 27.8 Å². The number of aromatic amines is 1. The number of aromatic nitrogens is 3. The van der Waals surface area contributed by atoms with Crippen LogP contribution in [-0.4, -0.2) is 45.6 Å². The number of ether oxygens (including phenoxy) is 1. The lowest BCUT2D eigenvalue weighted by atomic mass is 10.2. The maximum absolute atomic E-state index is 12.7. The predicted molar refractivity (Wildman–Crippen MR) is 107 cm³/mol. The lowest BCUT2D eigenvalue weighted by Gasteiger charge is -2.15. The van der Waals surface area contributed by atoms with Crippen molar-refractivity contribution in [1.82, 2.24) is 20.5 Å². The van der Waals surface area contributed by atoms with Gasteiger partial charge in [0.1, 0.15) is 24.3 Å². The predicted octanol–water partition coefficient (Wildman–Crippen LogP) is 3.36. The van der Waals surface area contributed by atoms with Gasteiger partial charge >= 0.3 is 12.2 Å². The minimum absolute atomic E-state index is 0.0302. The Labute approximate surface area is 175 Å². The summed E-state index contributed by atoms with van der Waals surface area (Å²) in [5, 5.41) is 21.8. The number of nitrogens with zero attached hydrogens (tertiary/aromatic N) is 2. The monoisotopic (exact) mass is 435 g/mol. The summed E-state index contributed by atoms with van der Waals surface area (Å²) >= 11 is 0. The number of alkyl halides is 3. The Bertz CT molecular complexity index is 1040. The molecule has 4 N–H and O–H groups in total. The first-order chi connectivity index (χ1) is 14.7. The highest BCUT2D eigenvalue weighted by Gasteiger charge is 2.30. The fourth-order valence-electron chi connectivity index (χ4n) is 2.61. The number of hydrogen-bond acceptors (Lipinski definition) is 5. The number of urea groups is 1. The van der Waals surface area contributed by atoms with E-state index in [9.17, 15) is 23.1 Å². The summed E-state index contributed by atoms with van der Waals surface area (Å²) in [6.07, 6.45) is -5.61. The SMILES string of the molecule is Cc1nc(-c2cccc(NC(=O)NCC(O)COc3cccc(C(F)(F)F)c3)c2)n[nH]1. The number of carbonyl (C=O) groups excluding carboxylic acids is 1. The van der Waals surface area contributed by atoms with Crippen LogP contribution in [0.2, 0.25) is 0 Å². The number of halogens is 3. The molecule has 2 aromatic carbocycles. The molecule has 0 bridgehead atoms. The Morgan fingerprint density at radius 3 is 2.71 bits per heavy atom. The molecule has 3 aromatic rings. The van der Waals surface area contributed by atoms with Gasteiger partial charge in [-0.05, 0) is 37.3 Å². The van der Waals surface area contributed by atoms with E-state index < -0.39 is 23.9 Å². The van der Waals surface area contributed by atoms with E-state index in [1.165, 1.54) is 12.1 Å². The quantitative estimate of drug-likeness (QED) is 0.455. The summed E-state index contributed by atoms with van der Waals surface area (Å²) in [5.41, 5.74) is 0.350. The first-order valence-electron chi connectivity index (χ1n) is 9.23. The van der Waals surface area contributed by atoms with Crippen LogP contribution in [0, 0.1) is 6.92 Å². The number of aryl methyl sites for hydroxylation is 1. The number of anilines is 1. The second-order valence-corrected chi connectivity index (χ2v) is 6.65. The lowest BCUT2D eigenvalue weighted by molar-refractivity contribution is -0.137. The van der Waals surface area contributed by atoms with Crippen molar-refractivity contribution in [3.8, 4) is 17.1 Å². The maximum Gasteiger partial charge on any atom is 0.416 e. The third-order valence-corrected chi connectivity index (χ3v) is 4.08. The molecule has 31 heavy (non-hydrogen) atoms. The normalized spacial score (nSPS) is 12.3. The largest absolute Gasteiger partial charge is 0.491 e. The number of H-pyrrole nitrogens is 1. The molecule has 164 valence electrons. The van der Waals surface area contributed by atoms with Crippen molar-refractivity contribution in [2.75, 3.05) is 18.5 Å². The second-order valence-electron chi connectivity index (χ2n) is 6.65. The van der Waals surface area contributed by atoms with E-state index in [2.05, 4.69) is 25.8 Å². The third kappa shape index (κ3) is 6.44. The average Bonchev–Trinajstić information content (AvgIpc) is 3.17. The molecule has 0 aliphatic heterocycles. The minimum atomic E-state index is -4.49. The molecule has 1 atom stereocenters. The van der Waals surface area contributed by atoms with Gasteiger partial charge in [0.2, 0.25) is 0 Å². The highest BCUT2D eigenvalue weighted by Crippen LogP contribution is 2.31. The van der Waals surface area contributed by atoms with Crippen molar-refractivity contribution in [2.45, 2.75) is 19.2 Å². The van der Waals surface area contributed by atoms with Crippen molar-refractivity contribution in [3.05, 3.63) is 59.9 Å². The lowest BCUT2D eigenvalue weighted by Crippen LogP contribution is -2.37. The molecule has 1 heterocycles. The molecule has 11 heteroatoms. The van der Waals surface area contributed by atoms with Gasteiger partial charge in [0, 0.05) is 17.8 Å². The molecule has 8 nitrogen and oxygen atoms in total. The molecule has 0 fully saturated rings. The van der Waals surface area contributed by atoms with Crippen LogP contribution in [0.25, 0.3) is 11.4 Å². The van der Waals surface area contributed by atoms with E-state index in [4.69, 9.17) is 4.74 Å². The smallest absolute Gasteiger partial charge is 0.416 e. The van der Waals surface area contributed by atoms with Crippen LogP contribution in [0.15, 0.2) is 48.5 Å². The standard InChI is InChI=1S/C20H20F3N5O3/c1-12-25-18(28-27-12)13-4-2-6-15(8-13)26-19(30)24-10-16(29)11-31-17-7-3-5-14(9-17)20(21,22)23/h2-9,16,29H,10-11H2,1H3,(H2,24,26,30)(H,25,27,28).